The van der Waals surface area contributed by atoms with E-state index >= 15 is 0 Å². The molecule has 0 saturated carbocycles. The van der Waals surface area contributed by atoms with Crippen molar-refractivity contribution in [2.24, 2.45) is 4.99 Å². The maximum Gasteiger partial charge on any atom is 0.0867 e. The number of benzene rings is 1. The highest BCUT2D eigenvalue weighted by Crippen LogP contribution is 2.39. The van der Waals surface area contributed by atoms with Gasteiger partial charge in [-0.3, -0.25) is 0 Å². The minimum Gasteiger partial charge on any atom is -0.244 e. The Morgan fingerprint density at radius 1 is 1.38 bits per heavy atom. The Morgan fingerprint density at radius 3 is 2.92 bits per heavy atom. The van der Waals surface area contributed by atoms with E-state index < -0.39 is 0 Å². The van der Waals surface area contributed by atoms with Crippen LogP contribution in [-0.4, -0.2) is 16.5 Å². The molecule has 1 aromatic carbocycles. The van der Waals surface area contributed by atoms with Crippen LogP contribution in [0.5, 0.6) is 0 Å². The standard InChI is InChI=1S/C10H11NS2/c1-7-10(12-2)11-8-5-3-4-6-9(8)13-7/h3-7H,1-2H3. The van der Waals surface area contributed by atoms with Crippen molar-refractivity contribution in [3.8, 4) is 0 Å². The number of nitrogens with zero attached hydrogens (tertiary/aromatic N) is 1. The second kappa shape index (κ2) is 3.76. The third-order valence-corrected chi connectivity index (χ3v) is 4.14. The molecule has 0 fully saturated rings. The molecule has 1 nitrogen and oxygen atoms in total. The van der Waals surface area contributed by atoms with Crippen molar-refractivity contribution in [3.63, 3.8) is 0 Å². The molecule has 2 rings (SSSR count). The molecule has 0 saturated heterocycles. The predicted molar refractivity (Wildman–Crippen MR) is 62.4 cm³/mol. The number of hydrogen-bond acceptors (Lipinski definition) is 3. The second-order valence-electron chi connectivity index (χ2n) is 2.88. The Labute approximate surface area is 87.0 Å². The molecule has 0 spiro atoms. The average Bonchev–Trinajstić information content (AvgIpc) is 2.17. The molecule has 1 heterocycles. The van der Waals surface area contributed by atoms with E-state index in [-0.39, 0.29) is 0 Å². The van der Waals surface area contributed by atoms with Crippen LogP contribution in [0.15, 0.2) is 34.2 Å². The van der Waals surface area contributed by atoms with Gasteiger partial charge in [0.2, 0.25) is 0 Å². The van der Waals surface area contributed by atoms with Gasteiger partial charge >= 0.3 is 0 Å². The van der Waals surface area contributed by atoms with Gasteiger partial charge in [0.1, 0.15) is 0 Å². The number of thioether (sulfide) groups is 2. The van der Waals surface area contributed by atoms with E-state index in [1.165, 1.54) is 9.94 Å². The normalized spacial score (nSPS) is 20.8. The van der Waals surface area contributed by atoms with Crippen LogP contribution in [-0.2, 0) is 0 Å². The quantitative estimate of drug-likeness (QED) is 0.647. The lowest BCUT2D eigenvalue weighted by Crippen LogP contribution is -2.11. The molecule has 0 aromatic heterocycles. The van der Waals surface area contributed by atoms with Gasteiger partial charge in [-0.2, -0.15) is 0 Å². The molecule has 0 bridgehead atoms. The fourth-order valence-corrected chi connectivity index (χ4v) is 3.19. The van der Waals surface area contributed by atoms with E-state index in [1.54, 1.807) is 11.8 Å². The number of rotatable bonds is 0. The van der Waals surface area contributed by atoms with Crippen molar-refractivity contribution in [3.05, 3.63) is 24.3 Å². The first kappa shape index (κ1) is 9.16. The van der Waals surface area contributed by atoms with Gasteiger partial charge in [0.05, 0.1) is 16.0 Å². The Balaban J connectivity index is 2.44. The van der Waals surface area contributed by atoms with Crippen molar-refractivity contribution in [2.45, 2.75) is 17.1 Å². The molecule has 1 aliphatic rings. The van der Waals surface area contributed by atoms with Crippen LogP contribution >= 0.6 is 23.5 Å². The SMILES string of the molecule is CSC1=Nc2ccccc2SC1C. The highest BCUT2D eigenvalue weighted by Gasteiger charge is 2.18. The molecule has 1 aromatic rings. The fourth-order valence-electron chi connectivity index (χ4n) is 1.31. The smallest absolute Gasteiger partial charge is 0.0867 e. The zero-order valence-electron chi connectivity index (χ0n) is 7.65. The first-order chi connectivity index (χ1) is 6.31. The van der Waals surface area contributed by atoms with Crippen molar-refractivity contribution >= 4 is 34.3 Å². The van der Waals surface area contributed by atoms with Gasteiger partial charge in [0.25, 0.3) is 0 Å². The molecule has 3 heteroatoms. The molecule has 13 heavy (non-hydrogen) atoms. The number of aliphatic imine (C=N–C) groups is 1. The first-order valence-electron chi connectivity index (χ1n) is 4.19. The van der Waals surface area contributed by atoms with Gasteiger partial charge in [-0.05, 0) is 25.3 Å². The van der Waals surface area contributed by atoms with Crippen LogP contribution in [0.2, 0.25) is 0 Å². The lowest BCUT2D eigenvalue weighted by atomic mass is 10.3. The van der Waals surface area contributed by atoms with Crippen LogP contribution in [0.4, 0.5) is 5.69 Å². The second-order valence-corrected chi connectivity index (χ2v) is 5.09. The molecule has 0 N–H and O–H groups in total. The van der Waals surface area contributed by atoms with E-state index in [4.69, 9.17) is 0 Å². The number of hydrogen-bond donors (Lipinski definition) is 0. The summed E-state index contributed by atoms with van der Waals surface area (Å²) in [5, 5.41) is 1.73. The zero-order chi connectivity index (χ0) is 9.26. The summed E-state index contributed by atoms with van der Waals surface area (Å²) in [6.07, 6.45) is 2.09. The molecule has 1 atom stereocenters. The summed E-state index contributed by atoms with van der Waals surface area (Å²) in [4.78, 5) is 5.90. The van der Waals surface area contributed by atoms with Gasteiger partial charge < -0.3 is 0 Å². The minimum absolute atomic E-state index is 0.505. The summed E-state index contributed by atoms with van der Waals surface area (Å²) in [7, 11) is 0. The van der Waals surface area contributed by atoms with Crippen molar-refractivity contribution in [1.29, 1.82) is 0 Å². The summed E-state index contributed by atoms with van der Waals surface area (Å²) < 4.78 is 0. The van der Waals surface area contributed by atoms with Crippen molar-refractivity contribution in [1.82, 2.24) is 0 Å². The Bertz CT molecular complexity index is 347. The van der Waals surface area contributed by atoms with Crippen molar-refractivity contribution in [2.75, 3.05) is 6.26 Å². The average molecular weight is 209 g/mol. The summed E-state index contributed by atoms with van der Waals surface area (Å²) in [5.41, 5.74) is 1.12. The van der Waals surface area contributed by atoms with Crippen LogP contribution < -0.4 is 0 Å². The van der Waals surface area contributed by atoms with Crippen LogP contribution in [0.3, 0.4) is 0 Å². The van der Waals surface area contributed by atoms with Gasteiger partial charge in [-0.25, -0.2) is 4.99 Å². The molecular formula is C10H11NS2. The van der Waals surface area contributed by atoms with E-state index in [0.717, 1.165) is 5.69 Å². The summed E-state index contributed by atoms with van der Waals surface area (Å²) in [6.45, 7) is 2.20. The minimum atomic E-state index is 0.505. The highest BCUT2D eigenvalue weighted by molar-refractivity contribution is 8.16. The van der Waals surface area contributed by atoms with Crippen LogP contribution in [0.25, 0.3) is 0 Å². The molecule has 0 aliphatic carbocycles. The van der Waals surface area contributed by atoms with E-state index in [9.17, 15) is 0 Å². The summed E-state index contributed by atoms with van der Waals surface area (Å²) >= 11 is 3.64. The van der Waals surface area contributed by atoms with Crippen LogP contribution in [0.1, 0.15) is 6.92 Å². The fraction of sp³-hybridized carbons (Fsp3) is 0.300. The Hall–Kier alpha value is -0.410. The highest BCUT2D eigenvalue weighted by atomic mass is 32.2. The number of fused-ring (bicyclic) bond motifs is 1. The van der Waals surface area contributed by atoms with Gasteiger partial charge in [-0.1, -0.05) is 12.1 Å². The first-order valence-corrected chi connectivity index (χ1v) is 6.30. The van der Waals surface area contributed by atoms with Gasteiger partial charge in [0.15, 0.2) is 0 Å². The van der Waals surface area contributed by atoms with Gasteiger partial charge in [-0.15, -0.1) is 23.5 Å². The third-order valence-electron chi connectivity index (χ3n) is 1.96. The summed E-state index contributed by atoms with van der Waals surface area (Å²) in [5.74, 6) is 0. The maximum absolute atomic E-state index is 4.60. The lowest BCUT2D eigenvalue weighted by Gasteiger charge is -2.19. The van der Waals surface area contributed by atoms with Crippen LogP contribution in [0, 0.1) is 0 Å². The van der Waals surface area contributed by atoms with Crippen molar-refractivity contribution < 1.29 is 0 Å². The number of para-hydroxylation sites is 1. The predicted octanol–water partition coefficient (Wildman–Crippen LogP) is 3.57. The monoisotopic (exact) mass is 209 g/mol. The largest absolute Gasteiger partial charge is 0.244 e. The van der Waals surface area contributed by atoms with E-state index in [1.807, 2.05) is 17.8 Å². The summed E-state index contributed by atoms with van der Waals surface area (Å²) in [6, 6.07) is 8.32. The molecule has 0 radical (unpaired) electrons. The Morgan fingerprint density at radius 2 is 2.15 bits per heavy atom. The molecule has 1 unspecified atom stereocenters. The molecule has 0 amide bonds. The topological polar surface area (TPSA) is 12.4 Å². The zero-order valence-corrected chi connectivity index (χ0v) is 9.28. The van der Waals surface area contributed by atoms with Gasteiger partial charge in [0, 0.05) is 4.90 Å². The lowest BCUT2D eigenvalue weighted by molar-refractivity contribution is 1.25. The molecule has 68 valence electrons. The Kier molecular flexibility index (Phi) is 2.65. The van der Waals surface area contributed by atoms with E-state index in [2.05, 4.69) is 36.4 Å². The molecule has 1 aliphatic heterocycles. The molecular weight excluding hydrogens is 198 g/mol. The maximum atomic E-state index is 4.60. The van der Waals surface area contributed by atoms with E-state index in [0.29, 0.717) is 5.25 Å². The third kappa shape index (κ3) is 1.76.